The standard InChI is InChI=1S/C21H30FN5/c1-15-12-16(4-7-19(15)22)13-26-10-8-17(9-11-26)21-24-23-20(14-25(2)3)27(21)18-5-6-18/h4,7,12,17-18H,5-6,8-11,13-14H2,1-3H3. The second-order valence-electron chi connectivity index (χ2n) is 8.45. The van der Waals surface area contributed by atoms with Gasteiger partial charge in [-0.15, -0.1) is 10.2 Å². The summed E-state index contributed by atoms with van der Waals surface area (Å²) in [5.41, 5.74) is 1.93. The second kappa shape index (κ2) is 7.68. The van der Waals surface area contributed by atoms with Crippen molar-refractivity contribution in [2.24, 2.45) is 0 Å². The molecule has 0 unspecified atom stereocenters. The van der Waals surface area contributed by atoms with Crippen LogP contribution in [0.1, 0.15) is 60.4 Å². The van der Waals surface area contributed by atoms with Gasteiger partial charge in [0.25, 0.3) is 0 Å². The molecule has 5 nitrogen and oxygen atoms in total. The summed E-state index contributed by atoms with van der Waals surface area (Å²) in [5, 5.41) is 9.13. The summed E-state index contributed by atoms with van der Waals surface area (Å²) in [4.78, 5) is 4.64. The molecule has 0 N–H and O–H groups in total. The first-order chi connectivity index (χ1) is 13.0. The van der Waals surface area contributed by atoms with E-state index in [4.69, 9.17) is 0 Å². The summed E-state index contributed by atoms with van der Waals surface area (Å²) in [5.74, 6) is 2.69. The first-order valence-corrected chi connectivity index (χ1v) is 10.1. The fourth-order valence-corrected chi connectivity index (χ4v) is 4.15. The van der Waals surface area contributed by atoms with Gasteiger partial charge in [-0.05, 0) is 77.0 Å². The zero-order chi connectivity index (χ0) is 19.0. The van der Waals surface area contributed by atoms with Crippen LogP contribution in [-0.2, 0) is 13.1 Å². The molecule has 2 aliphatic rings. The Morgan fingerprint density at radius 3 is 2.48 bits per heavy atom. The molecule has 4 rings (SSSR count). The Balaban J connectivity index is 1.40. The van der Waals surface area contributed by atoms with Gasteiger partial charge in [0.2, 0.25) is 0 Å². The average Bonchev–Trinajstić information content (AvgIpc) is 3.39. The normalized spacial score (nSPS) is 19.1. The number of aryl methyl sites for hydroxylation is 1. The topological polar surface area (TPSA) is 37.2 Å². The Bertz CT molecular complexity index is 788. The van der Waals surface area contributed by atoms with Gasteiger partial charge in [-0.2, -0.15) is 0 Å². The maximum atomic E-state index is 13.5. The van der Waals surface area contributed by atoms with Crippen LogP contribution in [0, 0.1) is 12.7 Å². The van der Waals surface area contributed by atoms with Crippen LogP contribution in [0.25, 0.3) is 0 Å². The van der Waals surface area contributed by atoms with Gasteiger partial charge >= 0.3 is 0 Å². The summed E-state index contributed by atoms with van der Waals surface area (Å²) < 4.78 is 15.9. The number of benzene rings is 1. The Labute approximate surface area is 161 Å². The smallest absolute Gasteiger partial charge is 0.147 e. The van der Waals surface area contributed by atoms with E-state index in [1.807, 2.05) is 19.1 Å². The number of rotatable bonds is 6. The van der Waals surface area contributed by atoms with E-state index >= 15 is 0 Å². The molecule has 0 atom stereocenters. The third kappa shape index (κ3) is 4.22. The highest BCUT2D eigenvalue weighted by molar-refractivity contribution is 5.24. The zero-order valence-corrected chi connectivity index (χ0v) is 16.7. The van der Waals surface area contributed by atoms with E-state index in [9.17, 15) is 4.39 Å². The molecule has 2 heterocycles. The molecule has 1 saturated carbocycles. The van der Waals surface area contributed by atoms with Crippen molar-refractivity contribution in [1.82, 2.24) is 24.6 Å². The molecular formula is C21H30FN5. The Morgan fingerprint density at radius 1 is 1.11 bits per heavy atom. The molecule has 0 radical (unpaired) electrons. The second-order valence-corrected chi connectivity index (χ2v) is 8.45. The first kappa shape index (κ1) is 18.6. The highest BCUT2D eigenvalue weighted by atomic mass is 19.1. The highest BCUT2D eigenvalue weighted by Crippen LogP contribution is 2.40. The number of nitrogens with zero attached hydrogens (tertiary/aromatic N) is 5. The van der Waals surface area contributed by atoms with E-state index in [-0.39, 0.29) is 5.82 Å². The quantitative estimate of drug-likeness (QED) is 0.779. The van der Waals surface area contributed by atoms with Crippen molar-refractivity contribution >= 4 is 0 Å². The number of piperidine rings is 1. The van der Waals surface area contributed by atoms with E-state index in [1.54, 1.807) is 6.07 Å². The minimum atomic E-state index is -0.120. The summed E-state index contributed by atoms with van der Waals surface area (Å²) in [7, 11) is 4.17. The van der Waals surface area contributed by atoms with Crippen molar-refractivity contribution in [3.8, 4) is 0 Å². The molecule has 1 aliphatic carbocycles. The van der Waals surface area contributed by atoms with Gasteiger partial charge in [0.1, 0.15) is 17.5 Å². The lowest BCUT2D eigenvalue weighted by Gasteiger charge is -2.32. The molecule has 27 heavy (non-hydrogen) atoms. The number of hydrogen-bond donors (Lipinski definition) is 0. The molecule has 1 aromatic carbocycles. The molecule has 2 aromatic rings. The van der Waals surface area contributed by atoms with Crippen LogP contribution in [0.5, 0.6) is 0 Å². The van der Waals surface area contributed by atoms with Gasteiger partial charge in [-0.3, -0.25) is 4.90 Å². The van der Waals surface area contributed by atoms with Gasteiger partial charge < -0.3 is 9.47 Å². The lowest BCUT2D eigenvalue weighted by Crippen LogP contribution is -2.33. The van der Waals surface area contributed by atoms with Crippen molar-refractivity contribution in [2.45, 2.75) is 57.7 Å². The van der Waals surface area contributed by atoms with E-state index in [2.05, 4.69) is 38.7 Å². The van der Waals surface area contributed by atoms with Crippen molar-refractivity contribution in [1.29, 1.82) is 0 Å². The molecule has 2 fully saturated rings. The van der Waals surface area contributed by atoms with Gasteiger partial charge in [-0.25, -0.2) is 4.39 Å². The third-order valence-electron chi connectivity index (χ3n) is 5.74. The minimum Gasteiger partial charge on any atom is -0.311 e. The predicted octanol–water partition coefficient (Wildman–Crippen LogP) is 3.50. The van der Waals surface area contributed by atoms with Gasteiger partial charge in [0, 0.05) is 18.5 Å². The summed E-state index contributed by atoms with van der Waals surface area (Å²) in [6.07, 6.45) is 4.75. The van der Waals surface area contributed by atoms with Crippen molar-refractivity contribution in [3.05, 3.63) is 46.8 Å². The molecule has 6 heteroatoms. The number of halogens is 1. The Morgan fingerprint density at radius 2 is 1.85 bits per heavy atom. The predicted molar refractivity (Wildman–Crippen MR) is 104 cm³/mol. The highest BCUT2D eigenvalue weighted by Gasteiger charge is 2.33. The van der Waals surface area contributed by atoms with Gasteiger partial charge in [-0.1, -0.05) is 12.1 Å². The van der Waals surface area contributed by atoms with Crippen LogP contribution < -0.4 is 0 Å². The molecule has 146 valence electrons. The minimum absolute atomic E-state index is 0.120. The summed E-state index contributed by atoms with van der Waals surface area (Å²) >= 11 is 0. The van der Waals surface area contributed by atoms with E-state index in [0.29, 0.717) is 12.0 Å². The van der Waals surface area contributed by atoms with Crippen molar-refractivity contribution in [3.63, 3.8) is 0 Å². The maximum absolute atomic E-state index is 13.5. The summed E-state index contributed by atoms with van der Waals surface area (Å²) in [6, 6.07) is 6.08. The fourth-order valence-electron chi connectivity index (χ4n) is 4.15. The molecule has 0 spiro atoms. The lowest BCUT2D eigenvalue weighted by atomic mass is 9.95. The molecule has 1 aliphatic heterocycles. The van der Waals surface area contributed by atoms with Crippen LogP contribution in [-0.4, -0.2) is 51.7 Å². The van der Waals surface area contributed by atoms with Crippen LogP contribution in [0.15, 0.2) is 18.2 Å². The van der Waals surface area contributed by atoms with Crippen molar-refractivity contribution in [2.75, 3.05) is 27.2 Å². The van der Waals surface area contributed by atoms with E-state index in [1.165, 1.54) is 24.2 Å². The van der Waals surface area contributed by atoms with Gasteiger partial charge in [0.15, 0.2) is 0 Å². The number of likely N-dealkylation sites (tertiary alicyclic amines) is 1. The Hall–Kier alpha value is -1.79. The summed E-state index contributed by atoms with van der Waals surface area (Å²) in [6.45, 7) is 5.70. The lowest BCUT2D eigenvalue weighted by molar-refractivity contribution is 0.199. The van der Waals surface area contributed by atoms with Crippen LogP contribution in [0.4, 0.5) is 4.39 Å². The van der Waals surface area contributed by atoms with Crippen molar-refractivity contribution < 1.29 is 4.39 Å². The third-order valence-corrected chi connectivity index (χ3v) is 5.74. The molecule has 1 saturated heterocycles. The number of hydrogen-bond acceptors (Lipinski definition) is 4. The average molecular weight is 372 g/mol. The fraction of sp³-hybridized carbons (Fsp3) is 0.619. The Kier molecular flexibility index (Phi) is 5.28. The first-order valence-electron chi connectivity index (χ1n) is 10.1. The van der Waals surface area contributed by atoms with Crippen LogP contribution >= 0.6 is 0 Å². The molecule has 0 bridgehead atoms. The van der Waals surface area contributed by atoms with Crippen LogP contribution in [0.2, 0.25) is 0 Å². The van der Waals surface area contributed by atoms with E-state index < -0.39 is 0 Å². The molecule has 0 amide bonds. The SMILES string of the molecule is Cc1cc(CN2CCC(c3nnc(CN(C)C)n3C3CC3)CC2)ccc1F. The maximum Gasteiger partial charge on any atom is 0.147 e. The largest absolute Gasteiger partial charge is 0.311 e. The van der Waals surface area contributed by atoms with Gasteiger partial charge in [0.05, 0.1) is 6.54 Å². The molecule has 1 aromatic heterocycles. The number of aromatic nitrogens is 3. The molecular weight excluding hydrogens is 341 g/mol. The monoisotopic (exact) mass is 371 g/mol. The van der Waals surface area contributed by atoms with E-state index in [0.717, 1.165) is 50.4 Å². The van der Waals surface area contributed by atoms with Crippen LogP contribution in [0.3, 0.4) is 0 Å². The zero-order valence-electron chi connectivity index (χ0n) is 16.7.